The fourth-order valence-corrected chi connectivity index (χ4v) is 1.44. The summed E-state index contributed by atoms with van der Waals surface area (Å²) < 4.78 is 63.3. The molecule has 0 aliphatic rings. The Morgan fingerprint density at radius 2 is 1.64 bits per heavy atom. The minimum atomic E-state index is -4.46. The molecule has 1 aromatic carbocycles. The lowest BCUT2D eigenvalue weighted by Crippen LogP contribution is -2.33. The van der Waals surface area contributed by atoms with Crippen molar-refractivity contribution < 1.29 is 41.4 Å². The van der Waals surface area contributed by atoms with Gasteiger partial charge in [0.05, 0.1) is 6.10 Å². The zero-order valence-corrected chi connectivity index (χ0v) is 13.4. The van der Waals surface area contributed by atoms with Crippen LogP contribution in [0, 0.1) is 0 Å². The largest absolute Gasteiger partial charge is 0.487 e. The van der Waals surface area contributed by atoms with Crippen LogP contribution in [0.1, 0.15) is 13.8 Å². The van der Waals surface area contributed by atoms with E-state index in [0.717, 1.165) is 0 Å². The number of hydrogen-bond acceptors (Lipinski definition) is 5. The van der Waals surface area contributed by atoms with Gasteiger partial charge in [-0.05, 0) is 26.0 Å². The van der Waals surface area contributed by atoms with Crippen molar-refractivity contribution in [2.75, 3.05) is 6.61 Å². The Morgan fingerprint density at radius 1 is 1.08 bits per heavy atom. The molecule has 0 spiro atoms. The smallest absolute Gasteiger partial charge is 0.340 e. The number of hydrogen-bond donors (Lipinski definition) is 0. The first-order chi connectivity index (χ1) is 11.6. The van der Waals surface area contributed by atoms with E-state index in [0.29, 0.717) is 17.9 Å². The summed E-state index contributed by atoms with van der Waals surface area (Å²) in [6.45, 7) is 1.74. The van der Waals surface area contributed by atoms with Crippen LogP contribution < -0.4 is 9.47 Å². The van der Waals surface area contributed by atoms with Crippen molar-refractivity contribution in [3.63, 3.8) is 0 Å². The highest BCUT2D eigenvalue weighted by Gasteiger charge is 2.42. The molecule has 0 bridgehead atoms. The van der Waals surface area contributed by atoms with E-state index in [4.69, 9.17) is 9.47 Å². The molecular formula is C16H16F4O5. The number of halogens is 4. The van der Waals surface area contributed by atoms with Crippen LogP contribution in [0.3, 0.4) is 0 Å². The quantitative estimate of drug-likeness (QED) is 0.306. The van der Waals surface area contributed by atoms with Crippen molar-refractivity contribution in [1.82, 2.24) is 0 Å². The van der Waals surface area contributed by atoms with E-state index in [2.05, 4.69) is 4.74 Å². The molecule has 5 nitrogen and oxygen atoms in total. The van der Waals surface area contributed by atoms with Crippen molar-refractivity contribution in [2.45, 2.75) is 32.3 Å². The van der Waals surface area contributed by atoms with Crippen LogP contribution in [0.15, 0.2) is 36.4 Å². The monoisotopic (exact) mass is 364 g/mol. The predicted molar refractivity (Wildman–Crippen MR) is 78.9 cm³/mol. The van der Waals surface area contributed by atoms with E-state index < -0.39 is 30.9 Å². The van der Waals surface area contributed by atoms with Crippen LogP contribution >= 0.6 is 0 Å². The van der Waals surface area contributed by atoms with E-state index >= 15 is 0 Å². The Hall–Kier alpha value is -2.58. The number of rotatable bonds is 8. The molecule has 0 atom stereocenters. The van der Waals surface area contributed by atoms with Crippen LogP contribution in [0.25, 0.3) is 0 Å². The molecule has 0 fully saturated rings. The Balaban J connectivity index is 2.59. The third kappa shape index (κ3) is 7.23. The van der Waals surface area contributed by atoms with Gasteiger partial charge < -0.3 is 14.2 Å². The van der Waals surface area contributed by atoms with E-state index in [9.17, 15) is 27.2 Å². The van der Waals surface area contributed by atoms with E-state index in [1.807, 2.05) is 0 Å². The summed E-state index contributed by atoms with van der Waals surface area (Å²) >= 11 is 0. The van der Waals surface area contributed by atoms with Crippen molar-refractivity contribution in [3.05, 3.63) is 36.4 Å². The molecule has 1 aromatic rings. The summed E-state index contributed by atoms with van der Waals surface area (Å²) in [5.41, 5.74) is 0. The SMILES string of the molecule is CC(C)Oc1ccccc1OC(=O)/C=C/C(=O)OCC(F)(F)C(F)F. The molecule has 0 unspecified atom stereocenters. The number of para-hydroxylation sites is 2. The molecule has 1 rings (SSSR count). The third-order valence-corrected chi connectivity index (χ3v) is 2.50. The molecule has 25 heavy (non-hydrogen) atoms. The van der Waals surface area contributed by atoms with Gasteiger partial charge in [-0.15, -0.1) is 0 Å². The van der Waals surface area contributed by atoms with Gasteiger partial charge in [-0.1, -0.05) is 12.1 Å². The summed E-state index contributed by atoms with van der Waals surface area (Å²) in [7, 11) is 0. The maximum atomic E-state index is 12.6. The van der Waals surface area contributed by atoms with Crippen LogP contribution in [-0.4, -0.2) is 37.0 Å². The molecule has 0 saturated carbocycles. The number of carbonyl (C=O) groups is 2. The van der Waals surface area contributed by atoms with Gasteiger partial charge in [0.25, 0.3) is 0 Å². The first-order valence-electron chi connectivity index (χ1n) is 7.10. The van der Waals surface area contributed by atoms with Gasteiger partial charge >= 0.3 is 24.3 Å². The van der Waals surface area contributed by atoms with Crippen molar-refractivity contribution in [2.24, 2.45) is 0 Å². The van der Waals surface area contributed by atoms with Gasteiger partial charge in [0.1, 0.15) is 0 Å². The second kappa shape index (κ2) is 9.05. The number of ether oxygens (including phenoxy) is 3. The lowest BCUT2D eigenvalue weighted by atomic mass is 10.3. The van der Waals surface area contributed by atoms with Gasteiger partial charge in [-0.3, -0.25) is 0 Å². The zero-order chi connectivity index (χ0) is 19.0. The average Bonchev–Trinajstić information content (AvgIpc) is 2.52. The molecule has 0 N–H and O–H groups in total. The van der Waals surface area contributed by atoms with Crippen LogP contribution in [-0.2, 0) is 14.3 Å². The molecule has 0 amide bonds. The van der Waals surface area contributed by atoms with Crippen LogP contribution in [0.5, 0.6) is 11.5 Å². The van der Waals surface area contributed by atoms with Crippen molar-refractivity contribution in [3.8, 4) is 11.5 Å². The first-order valence-corrected chi connectivity index (χ1v) is 7.10. The summed E-state index contributed by atoms with van der Waals surface area (Å²) in [6, 6.07) is 6.25. The second-order valence-corrected chi connectivity index (χ2v) is 5.04. The van der Waals surface area contributed by atoms with Crippen LogP contribution in [0.4, 0.5) is 17.6 Å². The number of benzene rings is 1. The Kier molecular flexibility index (Phi) is 7.41. The standard InChI is InChI=1S/C16H16F4O5/c1-10(2)24-11-5-3-4-6-12(11)25-14(22)8-7-13(21)23-9-16(19,20)15(17)18/h3-8,10,15H,9H2,1-2H3/b8-7+. The lowest BCUT2D eigenvalue weighted by molar-refractivity contribution is -0.176. The summed E-state index contributed by atoms with van der Waals surface area (Å²) in [4.78, 5) is 22.8. The maximum Gasteiger partial charge on any atom is 0.340 e. The number of carbonyl (C=O) groups excluding carboxylic acids is 2. The van der Waals surface area contributed by atoms with Gasteiger partial charge in [0.15, 0.2) is 18.1 Å². The Morgan fingerprint density at radius 3 is 2.20 bits per heavy atom. The average molecular weight is 364 g/mol. The maximum absolute atomic E-state index is 12.6. The molecule has 0 aliphatic heterocycles. The summed E-state index contributed by atoms with van der Waals surface area (Å²) in [5.74, 6) is -6.47. The topological polar surface area (TPSA) is 61.8 Å². The van der Waals surface area contributed by atoms with Gasteiger partial charge in [-0.25, -0.2) is 18.4 Å². The molecule has 138 valence electrons. The minimum Gasteiger partial charge on any atom is -0.487 e. The normalized spacial score (nSPS) is 11.8. The third-order valence-electron chi connectivity index (χ3n) is 2.50. The molecule has 0 saturated heterocycles. The highest BCUT2D eigenvalue weighted by Crippen LogP contribution is 2.27. The molecular weight excluding hydrogens is 348 g/mol. The fraction of sp³-hybridized carbons (Fsp3) is 0.375. The minimum absolute atomic E-state index is 0.0865. The molecule has 9 heteroatoms. The van der Waals surface area contributed by atoms with Crippen LogP contribution in [0.2, 0.25) is 0 Å². The van der Waals surface area contributed by atoms with E-state index in [1.54, 1.807) is 32.0 Å². The molecule has 0 aromatic heterocycles. The second-order valence-electron chi connectivity index (χ2n) is 5.04. The molecule has 0 aliphatic carbocycles. The Labute approximate surface area is 141 Å². The lowest BCUT2D eigenvalue weighted by Gasteiger charge is -2.14. The van der Waals surface area contributed by atoms with Crippen molar-refractivity contribution in [1.29, 1.82) is 0 Å². The highest BCUT2D eigenvalue weighted by molar-refractivity contribution is 5.92. The number of alkyl halides is 4. The first kappa shape index (κ1) is 20.5. The number of esters is 2. The van der Waals surface area contributed by atoms with Gasteiger partial charge in [0, 0.05) is 12.2 Å². The molecule has 0 radical (unpaired) electrons. The van der Waals surface area contributed by atoms with E-state index in [1.165, 1.54) is 6.07 Å². The van der Waals surface area contributed by atoms with Gasteiger partial charge in [-0.2, -0.15) is 8.78 Å². The van der Waals surface area contributed by atoms with Gasteiger partial charge in [0.2, 0.25) is 0 Å². The summed E-state index contributed by atoms with van der Waals surface area (Å²) in [6.07, 6.45) is -3.03. The van der Waals surface area contributed by atoms with E-state index in [-0.39, 0.29) is 11.9 Å². The summed E-state index contributed by atoms with van der Waals surface area (Å²) in [5, 5.41) is 0. The highest BCUT2D eigenvalue weighted by atomic mass is 19.3. The van der Waals surface area contributed by atoms with Crippen molar-refractivity contribution >= 4 is 11.9 Å². The zero-order valence-electron chi connectivity index (χ0n) is 13.4. The molecule has 0 heterocycles. The Bertz CT molecular complexity index is 629. The fourth-order valence-electron chi connectivity index (χ4n) is 1.44. The predicted octanol–water partition coefficient (Wildman–Crippen LogP) is 3.38.